The Labute approximate surface area is 105 Å². The van der Waals surface area contributed by atoms with Gasteiger partial charge in [-0.15, -0.1) is 0 Å². The Morgan fingerprint density at radius 2 is 2.06 bits per heavy atom. The molecule has 0 aliphatic rings. The molecule has 3 N–H and O–H groups in total. The highest BCUT2D eigenvalue weighted by Crippen LogP contribution is 2.06. The van der Waals surface area contributed by atoms with Gasteiger partial charge in [0.1, 0.15) is 0 Å². The van der Waals surface area contributed by atoms with Crippen molar-refractivity contribution in [3.63, 3.8) is 0 Å². The van der Waals surface area contributed by atoms with Crippen LogP contribution in [-0.4, -0.2) is 34.2 Å². The van der Waals surface area contributed by atoms with Crippen LogP contribution in [0.15, 0.2) is 24.3 Å². The Morgan fingerprint density at radius 3 is 2.56 bits per heavy atom. The third-order valence-corrected chi connectivity index (χ3v) is 2.63. The van der Waals surface area contributed by atoms with Crippen LogP contribution in [0.3, 0.4) is 0 Å². The first-order chi connectivity index (χ1) is 8.45. The Balaban J connectivity index is 2.83. The summed E-state index contributed by atoms with van der Waals surface area (Å²) in [6.07, 6.45) is -0.360. The van der Waals surface area contributed by atoms with Gasteiger partial charge in [0, 0.05) is 5.56 Å². The molecular weight excluding hydrogens is 234 g/mol. The van der Waals surface area contributed by atoms with Crippen LogP contribution in [0, 0.1) is 0 Å². The topological polar surface area (TPSA) is 86.6 Å². The third kappa shape index (κ3) is 3.56. The van der Waals surface area contributed by atoms with Crippen LogP contribution in [0.2, 0.25) is 0 Å². The van der Waals surface area contributed by atoms with Gasteiger partial charge in [-0.1, -0.05) is 19.1 Å². The van der Waals surface area contributed by atoms with Gasteiger partial charge >= 0.3 is 5.97 Å². The van der Waals surface area contributed by atoms with Crippen LogP contribution in [0.1, 0.15) is 29.8 Å². The number of benzene rings is 1. The van der Waals surface area contributed by atoms with Crippen molar-refractivity contribution in [1.82, 2.24) is 5.32 Å². The average Bonchev–Trinajstić information content (AvgIpc) is 2.34. The van der Waals surface area contributed by atoms with Crippen molar-refractivity contribution in [2.75, 3.05) is 0 Å². The number of carbonyl (C=O) groups is 2. The number of hydrogen-bond donors (Lipinski definition) is 3. The molecule has 18 heavy (non-hydrogen) atoms. The second-order valence-corrected chi connectivity index (χ2v) is 4.08. The van der Waals surface area contributed by atoms with E-state index in [1.54, 1.807) is 18.2 Å². The second-order valence-electron chi connectivity index (χ2n) is 4.08. The molecule has 1 aromatic rings. The molecule has 0 fully saturated rings. The number of aliphatic hydroxyl groups excluding tert-OH is 1. The first-order valence-electron chi connectivity index (χ1n) is 5.76. The van der Waals surface area contributed by atoms with Gasteiger partial charge in [-0.25, -0.2) is 4.79 Å². The molecule has 0 saturated heterocycles. The number of nitrogens with one attached hydrogen (secondary N) is 1. The molecule has 2 atom stereocenters. The lowest BCUT2D eigenvalue weighted by atomic mass is 10.1. The van der Waals surface area contributed by atoms with Gasteiger partial charge < -0.3 is 15.5 Å². The minimum atomic E-state index is -1.30. The maximum atomic E-state index is 11.8. The summed E-state index contributed by atoms with van der Waals surface area (Å²) < 4.78 is 0. The lowest BCUT2D eigenvalue weighted by molar-refractivity contribution is -0.141. The Hall–Kier alpha value is -1.88. The zero-order valence-electron chi connectivity index (χ0n) is 10.4. The fourth-order valence-electron chi connectivity index (χ4n) is 1.55. The third-order valence-electron chi connectivity index (χ3n) is 2.63. The van der Waals surface area contributed by atoms with Crippen molar-refractivity contribution in [2.24, 2.45) is 0 Å². The molecule has 0 unspecified atom stereocenters. The van der Waals surface area contributed by atoms with Gasteiger partial charge in [0.2, 0.25) is 0 Å². The summed E-state index contributed by atoms with van der Waals surface area (Å²) in [7, 11) is 0. The van der Waals surface area contributed by atoms with Crippen LogP contribution in [0.4, 0.5) is 0 Å². The maximum absolute atomic E-state index is 11.8. The zero-order chi connectivity index (χ0) is 13.7. The van der Waals surface area contributed by atoms with E-state index in [1.165, 1.54) is 6.92 Å². The predicted molar refractivity (Wildman–Crippen MR) is 66.4 cm³/mol. The van der Waals surface area contributed by atoms with Gasteiger partial charge in [0.25, 0.3) is 5.91 Å². The number of amides is 1. The van der Waals surface area contributed by atoms with E-state index in [0.29, 0.717) is 5.56 Å². The van der Waals surface area contributed by atoms with E-state index >= 15 is 0 Å². The Bertz CT molecular complexity index is 442. The number of aryl methyl sites for hydroxylation is 1. The largest absolute Gasteiger partial charge is 0.480 e. The molecule has 0 saturated carbocycles. The summed E-state index contributed by atoms with van der Waals surface area (Å²) in [5, 5.41) is 20.4. The van der Waals surface area contributed by atoms with Crippen molar-refractivity contribution in [3.8, 4) is 0 Å². The monoisotopic (exact) mass is 251 g/mol. The second kappa shape index (κ2) is 6.16. The van der Waals surface area contributed by atoms with Crippen LogP contribution < -0.4 is 5.32 Å². The van der Waals surface area contributed by atoms with Gasteiger partial charge in [-0.3, -0.25) is 4.79 Å². The van der Waals surface area contributed by atoms with E-state index in [9.17, 15) is 14.7 Å². The number of hydrogen-bond acceptors (Lipinski definition) is 3. The molecule has 0 aliphatic heterocycles. The average molecular weight is 251 g/mol. The molecule has 0 radical (unpaired) electrons. The van der Waals surface area contributed by atoms with E-state index in [2.05, 4.69) is 5.32 Å². The summed E-state index contributed by atoms with van der Waals surface area (Å²) in [4.78, 5) is 22.7. The van der Waals surface area contributed by atoms with E-state index in [1.807, 2.05) is 13.0 Å². The number of carboxylic acids is 1. The van der Waals surface area contributed by atoms with E-state index in [-0.39, 0.29) is 0 Å². The van der Waals surface area contributed by atoms with Crippen LogP contribution >= 0.6 is 0 Å². The first kappa shape index (κ1) is 14.2. The number of aliphatic hydroxyl groups is 1. The number of carboxylic acid groups (broad SMARTS) is 1. The SMILES string of the molecule is CCc1cccc(C(=O)N[C@@H](C(=O)O)[C@H](C)O)c1. The summed E-state index contributed by atoms with van der Waals surface area (Å²) in [5.74, 6) is -1.76. The van der Waals surface area contributed by atoms with E-state index in [0.717, 1.165) is 12.0 Å². The minimum Gasteiger partial charge on any atom is -0.480 e. The predicted octanol–water partition coefficient (Wildman–Crippen LogP) is 0.813. The molecular formula is C13H17NO4. The number of aliphatic carboxylic acids is 1. The van der Waals surface area contributed by atoms with Crippen molar-refractivity contribution in [1.29, 1.82) is 0 Å². The van der Waals surface area contributed by atoms with Crippen molar-refractivity contribution in [2.45, 2.75) is 32.4 Å². The van der Waals surface area contributed by atoms with Gasteiger partial charge in [0.05, 0.1) is 6.10 Å². The fraction of sp³-hybridized carbons (Fsp3) is 0.385. The molecule has 0 heterocycles. The summed E-state index contributed by atoms with van der Waals surface area (Å²) >= 11 is 0. The van der Waals surface area contributed by atoms with Crippen molar-refractivity contribution in [3.05, 3.63) is 35.4 Å². The number of rotatable bonds is 5. The summed E-state index contributed by atoms with van der Waals surface area (Å²) in [5.41, 5.74) is 1.38. The lowest BCUT2D eigenvalue weighted by Gasteiger charge is -2.17. The summed E-state index contributed by atoms with van der Waals surface area (Å²) in [6, 6.07) is 5.64. The van der Waals surface area contributed by atoms with E-state index in [4.69, 9.17) is 5.11 Å². The fourth-order valence-corrected chi connectivity index (χ4v) is 1.55. The quantitative estimate of drug-likeness (QED) is 0.723. The highest BCUT2D eigenvalue weighted by Gasteiger charge is 2.25. The standard InChI is InChI=1S/C13H17NO4/c1-3-9-5-4-6-10(7-9)12(16)14-11(8(2)15)13(17)18/h4-8,11,15H,3H2,1-2H3,(H,14,16)(H,17,18)/t8-,11+/m0/s1. The molecule has 1 aromatic carbocycles. The molecule has 5 nitrogen and oxygen atoms in total. The first-order valence-corrected chi connectivity index (χ1v) is 5.76. The van der Waals surface area contributed by atoms with Gasteiger partial charge in [0.15, 0.2) is 6.04 Å². The highest BCUT2D eigenvalue weighted by atomic mass is 16.4. The van der Waals surface area contributed by atoms with Crippen LogP contribution in [0.25, 0.3) is 0 Å². The maximum Gasteiger partial charge on any atom is 0.328 e. The van der Waals surface area contributed by atoms with Crippen molar-refractivity contribution >= 4 is 11.9 Å². The van der Waals surface area contributed by atoms with Gasteiger partial charge in [-0.05, 0) is 31.0 Å². The molecule has 0 spiro atoms. The Morgan fingerprint density at radius 1 is 1.39 bits per heavy atom. The number of carbonyl (C=O) groups excluding carboxylic acids is 1. The van der Waals surface area contributed by atoms with Gasteiger partial charge in [-0.2, -0.15) is 0 Å². The highest BCUT2D eigenvalue weighted by molar-refractivity contribution is 5.96. The smallest absolute Gasteiger partial charge is 0.328 e. The molecule has 1 rings (SSSR count). The normalized spacial score (nSPS) is 13.7. The molecule has 98 valence electrons. The van der Waals surface area contributed by atoms with Crippen molar-refractivity contribution < 1.29 is 19.8 Å². The molecule has 0 aliphatic carbocycles. The van der Waals surface area contributed by atoms with Crippen LogP contribution in [-0.2, 0) is 11.2 Å². The Kier molecular flexibility index (Phi) is 4.85. The van der Waals surface area contributed by atoms with E-state index < -0.39 is 24.0 Å². The lowest BCUT2D eigenvalue weighted by Crippen LogP contribution is -2.47. The molecule has 0 aromatic heterocycles. The van der Waals surface area contributed by atoms with Crippen LogP contribution in [0.5, 0.6) is 0 Å². The molecule has 1 amide bonds. The zero-order valence-corrected chi connectivity index (χ0v) is 10.4. The molecule has 0 bridgehead atoms. The summed E-state index contributed by atoms with van der Waals surface area (Å²) in [6.45, 7) is 3.29. The minimum absolute atomic E-state index is 0.390. The molecule has 5 heteroatoms.